The second kappa shape index (κ2) is 9.36. The van der Waals surface area contributed by atoms with Crippen LogP contribution in [0, 0.1) is 0 Å². The standard InChI is InChI=1S/C24H28N2O/c1-18(21-9-5-3-6-10-21)25-16-20-13-14-24(27)23(15-20)17-26-19(2)22-11-7-4-8-12-22/h3-15,18-19,25-27H,16-17H2,1-2H3/t18-,19+/m1/s1. The van der Waals surface area contributed by atoms with Crippen LogP contribution in [0.3, 0.4) is 0 Å². The van der Waals surface area contributed by atoms with Crippen LogP contribution in [0.25, 0.3) is 0 Å². The molecule has 0 amide bonds. The van der Waals surface area contributed by atoms with Crippen LogP contribution >= 0.6 is 0 Å². The molecule has 3 N–H and O–H groups in total. The second-order valence-corrected chi connectivity index (χ2v) is 6.99. The molecule has 0 fully saturated rings. The van der Waals surface area contributed by atoms with Gasteiger partial charge in [0.25, 0.3) is 0 Å². The predicted octanol–water partition coefficient (Wildman–Crippen LogP) is 5.09. The molecule has 0 aromatic heterocycles. The van der Waals surface area contributed by atoms with E-state index in [4.69, 9.17) is 0 Å². The molecule has 3 aromatic carbocycles. The van der Waals surface area contributed by atoms with Crippen molar-refractivity contribution in [1.82, 2.24) is 10.6 Å². The Morgan fingerprint density at radius 2 is 1.22 bits per heavy atom. The van der Waals surface area contributed by atoms with Crippen molar-refractivity contribution in [1.29, 1.82) is 0 Å². The molecule has 0 saturated carbocycles. The largest absolute Gasteiger partial charge is 0.508 e. The number of nitrogens with one attached hydrogen (secondary N) is 2. The van der Waals surface area contributed by atoms with Crippen molar-refractivity contribution in [2.45, 2.75) is 39.0 Å². The molecule has 0 saturated heterocycles. The molecule has 0 aliphatic heterocycles. The summed E-state index contributed by atoms with van der Waals surface area (Å²) in [5, 5.41) is 17.3. The summed E-state index contributed by atoms with van der Waals surface area (Å²) in [5.74, 6) is 0.336. The fourth-order valence-electron chi connectivity index (χ4n) is 3.14. The van der Waals surface area contributed by atoms with Crippen LogP contribution in [0.4, 0.5) is 0 Å². The number of rotatable bonds is 8. The minimum absolute atomic E-state index is 0.227. The fourth-order valence-corrected chi connectivity index (χ4v) is 3.14. The van der Waals surface area contributed by atoms with Crippen LogP contribution < -0.4 is 10.6 Å². The van der Waals surface area contributed by atoms with Crippen molar-refractivity contribution in [3.63, 3.8) is 0 Å². The lowest BCUT2D eigenvalue weighted by atomic mass is 10.1. The van der Waals surface area contributed by atoms with Crippen LogP contribution in [0.15, 0.2) is 78.9 Å². The summed E-state index contributed by atoms with van der Waals surface area (Å²) in [6, 6.07) is 27.1. The van der Waals surface area contributed by atoms with Gasteiger partial charge in [0.05, 0.1) is 0 Å². The number of phenolic OH excluding ortho intramolecular Hbond substituents is 1. The zero-order valence-corrected chi connectivity index (χ0v) is 16.0. The Balaban J connectivity index is 1.59. The maximum atomic E-state index is 10.2. The number of benzene rings is 3. The summed E-state index contributed by atoms with van der Waals surface area (Å²) in [4.78, 5) is 0. The van der Waals surface area contributed by atoms with Gasteiger partial charge >= 0.3 is 0 Å². The zero-order valence-electron chi connectivity index (χ0n) is 16.0. The van der Waals surface area contributed by atoms with Crippen molar-refractivity contribution in [3.8, 4) is 5.75 Å². The summed E-state index contributed by atoms with van der Waals surface area (Å²) in [5.41, 5.74) is 4.60. The first kappa shape index (κ1) is 19.2. The summed E-state index contributed by atoms with van der Waals surface area (Å²) in [7, 11) is 0. The van der Waals surface area contributed by atoms with Gasteiger partial charge in [0.1, 0.15) is 5.75 Å². The van der Waals surface area contributed by atoms with Gasteiger partial charge in [-0.2, -0.15) is 0 Å². The number of hydrogen-bond donors (Lipinski definition) is 3. The highest BCUT2D eigenvalue weighted by atomic mass is 16.3. The molecular weight excluding hydrogens is 332 g/mol. The zero-order chi connectivity index (χ0) is 19.1. The van der Waals surface area contributed by atoms with Crippen LogP contribution in [0.2, 0.25) is 0 Å². The van der Waals surface area contributed by atoms with Crippen LogP contribution in [-0.4, -0.2) is 5.11 Å². The fraction of sp³-hybridized carbons (Fsp3) is 0.250. The molecule has 0 aliphatic rings. The number of hydrogen-bond acceptors (Lipinski definition) is 3. The first-order chi connectivity index (χ1) is 13.1. The maximum Gasteiger partial charge on any atom is 0.120 e. The lowest BCUT2D eigenvalue weighted by molar-refractivity contribution is 0.459. The molecule has 140 valence electrons. The van der Waals surface area contributed by atoms with Gasteiger partial charge in [0.15, 0.2) is 0 Å². The lowest BCUT2D eigenvalue weighted by Crippen LogP contribution is -2.19. The third-order valence-electron chi connectivity index (χ3n) is 4.95. The van der Waals surface area contributed by atoms with E-state index in [0.717, 1.165) is 12.1 Å². The third kappa shape index (κ3) is 5.43. The Labute approximate surface area is 162 Å². The topological polar surface area (TPSA) is 44.3 Å². The van der Waals surface area contributed by atoms with Gasteiger partial charge in [-0.25, -0.2) is 0 Å². The van der Waals surface area contributed by atoms with Crippen molar-refractivity contribution in [2.24, 2.45) is 0 Å². The molecule has 0 radical (unpaired) electrons. The van der Waals surface area contributed by atoms with E-state index in [1.54, 1.807) is 6.07 Å². The monoisotopic (exact) mass is 360 g/mol. The van der Waals surface area contributed by atoms with E-state index in [9.17, 15) is 5.11 Å². The highest BCUT2D eigenvalue weighted by Crippen LogP contribution is 2.21. The van der Waals surface area contributed by atoms with E-state index in [-0.39, 0.29) is 12.1 Å². The highest BCUT2D eigenvalue weighted by Gasteiger charge is 2.09. The number of aromatic hydroxyl groups is 1. The van der Waals surface area contributed by atoms with Gasteiger partial charge in [0, 0.05) is 30.7 Å². The summed E-state index contributed by atoms with van der Waals surface area (Å²) in [6.45, 7) is 5.70. The molecule has 2 atom stereocenters. The van der Waals surface area contributed by atoms with E-state index < -0.39 is 0 Å². The third-order valence-corrected chi connectivity index (χ3v) is 4.95. The average Bonchev–Trinajstić information content (AvgIpc) is 2.73. The highest BCUT2D eigenvalue weighted by molar-refractivity contribution is 5.36. The van der Waals surface area contributed by atoms with Gasteiger partial charge in [-0.05, 0) is 42.7 Å². The van der Waals surface area contributed by atoms with Crippen LogP contribution in [-0.2, 0) is 13.1 Å². The van der Waals surface area contributed by atoms with E-state index in [2.05, 4.69) is 66.9 Å². The minimum Gasteiger partial charge on any atom is -0.508 e. The maximum absolute atomic E-state index is 10.2. The van der Waals surface area contributed by atoms with Crippen LogP contribution in [0.1, 0.15) is 48.2 Å². The van der Waals surface area contributed by atoms with E-state index in [1.165, 1.54) is 16.7 Å². The molecular formula is C24H28N2O. The van der Waals surface area contributed by atoms with Gasteiger partial charge in [0.2, 0.25) is 0 Å². The molecule has 0 aliphatic carbocycles. The minimum atomic E-state index is 0.227. The first-order valence-corrected chi connectivity index (χ1v) is 9.51. The second-order valence-electron chi connectivity index (χ2n) is 6.99. The van der Waals surface area contributed by atoms with Crippen molar-refractivity contribution >= 4 is 0 Å². The normalized spacial score (nSPS) is 13.3. The van der Waals surface area contributed by atoms with E-state index >= 15 is 0 Å². The summed E-state index contributed by atoms with van der Waals surface area (Å²) in [6.07, 6.45) is 0. The lowest BCUT2D eigenvalue weighted by Gasteiger charge is -2.17. The molecule has 0 heterocycles. The average molecular weight is 361 g/mol. The Bertz CT molecular complexity index is 834. The molecule has 3 rings (SSSR count). The quantitative estimate of drug-likeness (QED) is 0.524. The molecule has 3 aromatic rings. The van der Waals surface area contributed by atoms with Crippen molar-refractivity contribution in [2.75, 3.05) is 0 Å². The number of phenols is 1. The van der Waals surface area contributed by atoms with E-state index in [0.29, 0.717) is 12.3 Å². The Morgan fingerprint density at radius 3 is 1.78 bits per heavy atom. The van der Waals surface area contributed by atoms with Crippen molar-refractivity contribution < 1.29 is 5.11 Å². The predicted molar refractivity (Wildman–Crippen MR) is 112 cm³/mol. The van der Waals surface area contributed by atoms with Gasteiger partial charge in [-0.1, -0.05) is 66.7 Å². The van der Waals surface area contributed by atoms with Gasteiger partial charge < -0.3 is 15.7 Å². The van der Waals surface area contributed by atoms with E-state index in [1.807, 2.05) is 30.3 Å². The molecule has 0 bridgehead atoms. The molecule has 0 spiro atoms. The van der Waals surface area contributed by atoms with Gasteiger partial charge in [-0.15, -0.1) is 0 Å². The Hall–Kier alpha value is -2.62. The SMILES string of the molecule is C[C@H](NCc1cc(CN[C@H](C)c2ccccc2)ccc1O)c1ccccc1. The molecule has 0 unspecified atom stereocenters. The molecule has 27 heavy (non-hydrogen) atoms. The van der Waals surface area contributed by atoms with Gasteiger partial charge in [-0.3, -0.25) is 0 Å². The Morgan fingerprint density at radius 1 is 0.704 bits per heavy atom. The molecule has 3 heteroatoms. The first-order valence-electron chi connectivity index (χ1n) is 9.51. The van der Waals surface area contributed by atoms with Crippen LogP contribution in [0.5, 0.6) is 5.75 Å². The van der Waals surface area contributed by atoms with Crippen molar-refractivity contribution in [3.05, 3.63) is 101 Å². The Kier molecular flexibility index (Phi) is 6.64. The smallest absolute Gasteiger partial charge is 0.120 e. The molecule has 3 nitrogen and oxygen atoms in total. The summed E-state index contributed by atoms with van der Waals surface area (Å²) < 4.78 is 0. The summed E-state index contributed by atoms with van der Waals surface area (Å²) >= 11 is 0.